The normalized spacial score (nSPS) is 11.9. The molecule has 1 aromatic heterocycles. The van der Waals surface area contributed by atoms with Gasteiger partial charge in [0.15, 0.2) is 6.10 Å². The van der Waals surface area contributed by atoms with Gasteiger partial charge in [0.05, 0.1) is 11.2 Å². The second-order valence-electron chi connectivity index (χ2n) is 8.25. The van der Waals surface area contributed by atoms with E-state index in [4.69, 9.17) is 26.2 Å². The zero-order chi connectivity index (χ0) is 26.2. The Bertz CT molecular complexity index is 1430. The standard InChI is InChI=1S/C29H24ClNO6/c30-22-10-8-20-9-12-23(31-25(20)17-22)11-5-19-6-13-24(14-7-19)36-18-21-3-1-2-4-26(21)37-27(29(34)35)15-16-28(32)33/h1-14,17,27H,15-16,18H2,(H,32,33)(H,34,35). The van der Waals surface area contributed by atoms with Crippen molar-refractivity contribution in [1.29, 1.82) is 0 Å². The molecule has 0 aliphatic heterocycles. The molecule has 4 aromatic rings. The maximum atomic E-state index is 11.5. The number of nitrogens with zero attached hydrogens (tertiary/aromatic N) is 1. The Labute approximate surface area is 218 Å². The van der Waals surface area contributed by atoms with Crippen LogP contribution >= 0.6 is 11.6 Å². The van der Waals surface area contributed by atoms with Gasteiger partial charge >= 0.3 is 11.9 Å². The summed E-state index contributed by atoms with van der Waals surface area (Å²) in [4.78, 5) is 26.9. The van der Waals surface area contributed by atoms with E-state index in [1.165, 1.54) is 0 Å². The van der Waals surface area contributed by atoms with E-state index >= 15 is 0 Å². The lowest BCUT2D eigenvalue weighted by Gasteiger charge is -2.17. The lowest BCUT2D eigenvalue weighted by Crippen LogP contribution is -2.28. The number of benzene rings is 3. The molecular formula is C29H24ClNO6. The number of ether oxygens (including phenoxy) is 2. The highest BCUT2D eigenvalue weighted by molar-refractivity contribution is 6.31. The molecule has 0 aliphatic carbocycles. The third-order valence-corrected chi connectivity index (χ3v) is 5.77. The minimum Gasteiger partial charge on any atom is -0.489 e. The van der Waals surface area contributed by atoms with E-state index in [2.05, 4.69) is 4.98 Å². The van der Waals surface area contributed by atoms with Gasteiger partial charge in [-0.1, -0.05) is 60.1 Å². The summed E-state index contributed by atoms with van der Waals surface area (Å²) in [7, 11) is 0. The minimum atomic E-state index is -1.27. The Kier molecular flexibility index (Phi) is 8.38. The molecule has 0 fully saturated rings. The van der Waals surface area contributed by atoms with Gasteiger partial charge in [0.2, 0.25) is 0 Å². The lowest BCUT2D eigenvalue weighted by molar-refractivity contribution is -0.146. The number of carbonyl (C=O) groups is 2. The van der Waals surface area contributed by atoms with Gasteiger partial charge in [0, 0.05) is 28.8 Å². The Hall–Kier alpha value is -4.36. The molecular weight excluding hydrogens is 494 g/mol. The first-order chi connectivity index (χ1) is 17.9. The van der Waals surface area contributed by atoms with Gasteiger partial charge in [0.25, 0.3) is 0 Å². The molecule has 8 heteroatoms. The van der Waals surface area contributed by atoms with Crippen molar-refractivity contribution < 1.29 is 29.3 Å². The smallest absolute Gasteiger partial charge is 0.344 e. The second kappa shape index (κ2) is 12.1. The molecule has 1 unspecified atom stereocenters. The molecule has 188 valence electrons. The first-order valence-electron chi connectivity index (χ1n) is 11.5. The summed E-state index contributed by atoms with van der Waals surface area (Å²) in [6, 6.07) is 24.0. The average Bonchev–Trinajstić information content (AvgIpc) is 2.89. The maximum absolute atomic E-state index is 11.5. The monoisotopic (exact) mass is 517 g/mol. The van der Waals surface area contributed by atoms with Crippen molar-refractivity contribution in [2.24, 2.45) is 0 Å². The van der Waals surface area contributed by atoms with Crippen molar-refractivity contribution in [2.75, 3.05) is 0 Å². The largest absolute Gasteiger partial charge is 0.489 e. The van der Waals surface area contributed by atoms with Crippen LogP contribution in [0.3, 0.4) is 0 Å². The van der Waals surface area contributed by atoms with Crippen LogP contribution in [0.5, 0.6) is 11.5 Å². The van der Waals surface area contributed by atoms with E-state index in [1.807, 2.05) is 66.7 Å². The summed E-state index contributed by atoms with van der Waals surface area (Å²) in [5, 5.41) is 19.9. The number of aliphatic carboxylic acids is 2. The molecule has 0 bridgehead atoms. The van der Waals surface area contributed by atoms with Crippen LogP contribution in [0.15, 0.2) is 78.9 Å². The van der Waals surface area contributed by atoms with Gasteiger partial charge in [-0.3, -0.25) is 4.79 Å². The molecule has 3 aromatic carbocycles. The summed E-state index contributed by atoms with van der Waals surface area (Å²) in [5.41, 5.74) is 3.26. The number of carboxylic acid groups (broad SMARTS) is 2. The van der Waals surface area contributed by atoms with E-state index in [-0.39, 0.29) is 19.4 Å². The van der Waals surface area contributed by atoms with Gasteiger partial charge < -0.3 is 19.7 Å². The van der Waals surface area contributed by atoms with Crippen LogP contribution in [-0.2, 0) is 16.2 Å². The molecule has 0 saturated heterocycles. The van der Waals surface area contributed by atoms with Crippen molar-refractivity contribution in [3.8, 4) is 11.5 Å². The van der Waals surface area contributed by atoms with Crippen molar-refractivity contribution in [1.82, 2.24) is 4.98 Å². The number of para-hydroxylation sites is 1. The van der Waals surface area contributed by atoms with E-state index in [0.717, 1.165) is 22.2 Å². The van der Waals surface area contributed by atoms with Crippen LogP contribution in [0.4, 0.5) is 0 Å². The fourth-order valence-electron chi connectivity index (χ4n) is 3.60. The number of rotatable bonds is 11. The highest BCUT2D eigenvalue weighted by atomic mass is 35.5. The summed E-state index contributed by atoms with van der Waals surface area (Å²) in [6.07, 6.45) is 2.17. The fraction of sp³-hybridized carbons (Fsp3) is 0.138. The molecule has 0 radical (unpaired) electrons. The summed E-state index contributed by atoms with van der Waals surface area (Å²) < 4.78 is 11.5. The van der Waals surface area contributed by atoms with Crippen molar-refractivity contribution in [3.63, 3.8) is 0 Å². The Balaban J connectivity index is 1.38. The molecule has 1 atom stereocenters. The molecule has 0 spiro atoms. The minimum absolute atomic E-state index is 0.142. The molecule has 37 heavy (non-hydrogen) atoms. The van der Waals surface area contributed by atoms with Crippen molar-refractivity contribution >= 4 is 46.6 Å². The highest BCUT2D eigenvalue weighted by Crippen LogP contribution is 2.24. The van der Waals surface area contributed by atoms with E-state index in [0.29, 0.717) is 22.1 Å². The molecule has 0 amide bonds. The summed E-state index contributed by atoms with van der Waals surface area (Å²) >= 11 is 6.07. The number of carboxylic acids is 2. The molecule has 1 heterocycles. The zero-order valence-corrected chi connectivity index (χ0v) is 20.5. The maximum Gasteiger partial charge on any atom is 0.344 e. The van der Waals surface area contributed by atoms with Crippen LogP contribution in [-0.4, -0.2) is 33.2 Å². The van der Waals surface area contributed by atoms with Gasteiger partial charge in [0.1, 0.15) is 18.1 Å². The molecule has 2 N–H and O–H groups in total. The van der Waals surface area contributed by atoms with E-state index in [9.17, 15) is 14.7 Å². The quantitative estimate of drug-likeness (QED) is 0.239. The number of halogens is 1. The SMILES string of the molecule is O=C(O)CCC(Oc1ccccc1COc1ccc(C=Cc2ccc3ccc(Cl)cc3n2)cc1)C(=O)O. The fourth-order valence-corrected chi connectivity index (χ4v) is 3.76. The van der Waals surface area contributed by atoms with Gasteiger partial charge in [-0.15, -0.1) is 0 Å². The predicted molar refractivity (Wildman–Crippen MR) is 142 cm³/mol. The van der Waals surface area contributed by atoms with E-state index in [1.54, 1.807) is 24.3 Å². The van der Waals surface area contributed by atoms with Gasteiger partial charge in [-0.25, -0.2) is 9.78 Å². The number of aromatic nitrogens is 1. The molecule has 4 rings (SSSR count). The van der Waals surface area contributed by atoms with Crippen molar-refractivity contribution in [3.05, 3.63) is 101 Å². The van der Waals surface area contributed by atoms with Crippen LogP contribution in [0.2, 0.25) is 5.02 Å². The van der Waals surface area contributed by atoms with Gasteiger partial charge in [-0.2, -0.15) is 0 Å². The third-order valence-electron chi connectivity index (χ3n) is 5.53. The second-order valence-corrected chi connectivity index (χ2v) is 8.69. The van der Waals surface area contributed by atoms with Gasteiger partial charge in [-0.05, 0) is 48.0 Å². The van der Waals surface area contributed by atoms with E-state index < -0.39 is 18.0 Å². The van der Waals surface area contributed by atoms with Crippen molar-refractivity contribution in [2.45, 2.75) is 25.6 Å². The molecule has 0 saturated carbocycles. The first kappa shape index (κ1) is 25.7. The van der Waals surface area contributed by atoms with Crippen LogP contribution in [0.25, 0.3) is 23.1 Å². The number of pyridine rings is 1. The molecule has 0 aliphatic rings. The number of hydrogen-bond donors (Lipinski definition) is 2. The van der Waals surface area contributed by atoms with Crippen LogP contribution < -0.4 is 9.47 Å². The zero-order valence-electron chi connectivity index (χ0n) is 19.7. The summed E-state index contributed by atoms with van der Waals surface area (Å²) in [5.74, 6) is -1.33. The number of hydrogen-bond acceptors (Lipinski definition) is 5. The highest BCUT2D eigenvalue weighted by Gasteiger charge is 2.22. The molecule has 7 nitrogen and oxygen atoms in total. The Morgan fingerprint density at radius 1 is 0.946 bits per heavy atom. The Morgan fingerprint density at radius 2 is 1.70 bits per heavy atom. The lowest BCUT2D eigenvalue weighted by atomic mass is 10.1. The average molecular weight is 518 g/mol. The Morgan fingerprint density at radius 3 is 2.46 bits per heavy atom. The van der Waals surface area contributed by atoms with Crippen LogP contribution in [0.1, 0.15) is 29.7 Å². The number of fused-ring (bicyclic) bond motifs is 1. The first-order valence-corrected chi connectivity index (χ1v) is 11.9. The third kappa shape index (κ3) is 7.32. The topological polar surface area (TPSA) is 106 Å². The van der Waals surface area contributed by atoms with Crippen LogP contribution in [0, 0.1) is 0 Å². The summed E-state index contributed by atoms with van der Waals surface area (Å²) in [6.45, 7) is 0.153. The predicted octanol–water partition coefficient (Wildman–Crippen LogP) is 6.33.